The maximum absolute atomic E-state index is 13.5. The molecule has 29 heavy (non-hydrogen) atoms. The van der Waals surface area contributed by atoms with Gasteiger partial charge >= 0.3 is 0 Å². The highest BCUT2D eigenvalue weighted by Crippen LogP contribution is 2.27. The maximum atomic E-state index is 13.5. The zero-order chi connectivity index (χ0) is 20.5. The van der Waals surface area contributed by atoms with Gasteiger partial charge in [0.05, 0.1) is 20.8 Å². The Kier molecular flexibility index (Phi) is 10.2. The summed E-state index contributed by atoms with van der Waals surface area (Å²) in [7, 11) is 3.14. The molecule has 0 fully saturated rings. The van der Waals surface area contributed by atoms with Gasteiger partial charge in [0.2, 0.25) is 0 Å². The van der Waals surface area contributed by atoms with E-state index in [1.165, 1.54) is 6.07 Å². The van der Waals surface area contributed by atoms with E-state index in [9.17, 15) is 9.18 Å². The molecule has 0 heterocycles. The first-order valence-corrected chi connectivity index (χ1v) is 8.73. The molecule has 1 amide bonds. The van der Waals surface area contributed by atoms with E-state index in [1.807, 2.05) is 12.1 Å². The van der Waals surface area contributed by atoms with Crippen molar-refractivity contribution in [3.63, 3.8) is 0 Å². The van der Waals surface area contributed by atoms with Crippen molar-refractivity contribution >= 4 is 35.8 Å². The lowest BCUT2D eigenvalue weighted by molar-refractivity contribution is 0.0954. The molecule has 0 atom stereocenters. The number of halogens is 2. The Morgan fingerprint density at radius 2 is 1.76 bits per heavy atom. The number of hydrogen-bond acceptors (Lipinski definition) is 4. The minimum absolute atomic E-state index is 0. The van der Waals surface area contributed by atoms with Gasteiger partial charge in [0.1, 0.15) is 5.82 Å². The highest BCUT2D eigenvalue weighted by molar-refractivity contribution is 14.0. The summed E-state index contributed by atoms with van der Waals surface area (Å²) in [6.07, 6.45) is 0. The average Bonchev–Trinajstić information content (AvgIpc) is 2.71. The molecule has 4 N–H and O–H groups in total. The normalized spacial score (nSPS) is 10.7. The maximum Gasteiger partial charge on any atom is 0.251 e. The number of hydrogen-bond donors (Lipinski definition) is 3. The predicted molar refractivity (Wildman–Crippen MR) is 122 cm³/mol. The van der Waals surface area contributed by atoms with Gasteiger partial charge in [-0.15, -0.1) is 24.0 Å². The highest BCUT2D eigenvalue weighted by Gasteiger charge is 2.07. The fraction of sp³-hybridized carbons (Fsp3) is 0.300. The van der Waals surface area contributed by atoms with Gasteiger partial charge < -0.3 is 25.8 Å². The molecule has 0 aliphatic carbocycles. The van der Waals surface area contributed by atoms with E-state index in [1.54, 1.807) is 39.3 Å². The van der Waals surface area contributed by atoms with Crippen molar-refractivity contribution in [2.45, 2.75) is 13.5 Å². The Bertz CT molecular complexity index is 862. The molecular formula is C20H26FIN4O3. The Hall–Kier alpha value is -2.56. The number of carbonyl (C=O) groups excluding carboxylic acids is 1. The second-order valence-electron chi connectivity index (χ2n) is 6.04. The average molecular weight is 516 g/mol. The monoisotopic (exact) mass is 516 g/mol. The van der Waals surface area contributed by atoms with E-state index < -0.39 is 5.82 Å². The molecule has 0 aromatic heterocycles. The standard InChI is InChI=1S/C20H25FN4O3.HI/c1-13-4-6-15(11-16(13)21)19(26)23-8-9-24-20(22)25-12-14-5-7-17(27-2)18(10-14)28-3;/h4-7,10-11H,8-9,12H2,1-3H3,(H,23,26)(H3,22,24,25);1H. The number of aryl methyl sites for hydroxylation is 1. The summed E-state index contributed by atoms with van der Waals surface area (Å²) in [6.45, 7) is 2.72. The fourth-order valence-electron chi connectivity index (χ4n) is 2.41. The number of carbonyl (C=O) groups is 1. The molecule has 0 aliphatic rings. The Balaban J connectivity index is 0.00000420. The van der Waals surface area contributed by atoms with Gasteiger partial charge in [0.15, 0.2) is 17.5 Å². The van der Waals surface area contributed by atoms with Crippen LogP contribution in [0, 0.1) is 12.7 Å². The molecule has 0 bridgehead atoms. The molecule has 2 rings (SSSR count). The molecule has 0 saturated heterocycles. The van der Waals surface area contributed by atoms with E-state index in [4.69, 9.17) is 15.2 Å². The predicted octanol–water partition coefficient (Wildman–Crippen LogP) is 2.60. The molecular weight excluding hydrogens is 490 g/mol. The van der Waals surface area contributed by atoms with Crippen LogP contribution in [0.1, 0.15) is 21.5 Å². The molecule has 0 radical (unpaired) electrons. The lowest BCUT2D eigenvalue weighted by Crippen LogP contribution is -2.38. The second-order valence-corrected chi connectivity index (χ2v) is 6.04. The minimum Gasteiger partial charge on any atom is -0.493 e. The van der Waals surface area contributed by atoms with Crippen LogP contribution in [0.3, 0.4) is 0 Å². The van der Waals surface area contributed by atoms with Gasteiger partial charge in [-0.05, 0) is 42.3 Å². The first-order chi connectivity index (χ1) is 13.4. The number of nitrogens with zero attached hydrogens (tertiary/aromatic N) is 1. The third kappa shape index (κ3) is 7.41. The second kappa shape index (κ2) is 12.1. The first-order valence-electron chi connectivity index (χ1n) is 8.73. The summed E-state index contributed by atoms with van der Waals surface area (Å²) in [5, 5.41) is 5.61. The van der Waals surface area contributed by atoms with Crippen molar-refractivity contribution in [1.29, 1.82) is 0 Å². The van der Waals surface area contributed by atoms with Crippen LogP contribution < -0.4 is 25.8 Å². The number of guanidine groups is 1. The number of nitrogens with two attached hydrogens (primary N) is 1. The number of rotatable bonds is 8. The lowest BCUT2D eigenvalue weighted by Gasteiger charge is -2.10. The number of methoxy groups -OCH3 is 2. The fourth-order valence-corrected chi connectivity index (χ4v) is 2.41. The summed E-state index contributed by atoms with van der Waals surface area (Å²) >= 11 is 0. The Morgan fingerprint density at radius 1 is 1.07 bits per heavy atom. The molecule has 2 aromatic carbocycles. The van der Waals surface area contributed by atoms with Crippen molar-refractivity contribution in [2.75, 3.05) is 27.3 Å². The molecule has 0 unspecified atom stereocenters. The summed E-state index contributed by atoms with van der Waals surface area (Å²) < 4.78 is 24.0. The van der Waals surface area contributed by atoms with E-state index in [-0.39, 0.29) is 41.4 Å². The summed E-state index contributed by atoms with van der Waals surface area (Å²) in [5.74, 6) is 0.770. The summed E-state index contributed by atoms with van der Waals surface area (Å²) in [6, 6.07) is 9.88. The molecule has 7 nitrogen and oxygen atoms in total. The summed E-state index contributed by atoms with van der Waals surface area (Å²) in [4.78, 5) is 16.2. The topological polar surface area (TPSA) is 98.0 Å². The van der Waals surface area contributed by atoms with Gasteiger partial charge in [-0.2, -0.15) is 0 Å². The number of aliphatic imine (C=N–C) groups is 1. The third-order valence-corrected chi connectivity index (χ3v) is 4.03. The molecule has 9 heteroatoms. The first kappa shape index (κ1) is 24.5. The van der Waals surface area contributed by atoms with Gasteiger partial charge in [-0.25, -0.2) is 9.38 Å². The largest absolute Gasteiger partial charge is 0.493 e. The number of benzene rings is 2. The lowest BCUT2D eigenvalue weighted by atomic mass is 10.1. The van der Waals surface area contributed by atoms with Crippen LogP contribution in [0.5, 0.6) is 11.5 Å². The van der Waals surface area contributed by atoms with Crippen LogP contribution in [0.2, 0.25) is 0 Å². The van der Waals surface area contributed by atoms with Gasteiger partial charge in [-0.3, -0.25) is 4.79 Å². The van der Waals surface area contributed by atoms with Crippen LogP contribution in [0.25, 0.3) is 0 Å². The molecule has 0 saturated carbocycles. The Labute approximate surface area is 186 Å². The van der Waals surface area contributed by atoms with Crippen molar-refractivity contribution in [3.05, 3.63) is 58.9 Å². The van der Waals surface area contributed by atoms with Crippen LogP contribution >= 0.6 is 24.0 Å². The van der Waals surface area contributed by atoms with E-state index in [2.05, 4.69) is 15.6 Å². The minimum atomic E-state index is -0.405. The number of ether oxygens (including phenoxy) is 2. The molecule has 0 spiro atoms. The smallest absolute Gasteiger partial charge is 0.251 e. The van der Waals surface area contributed by atoms with Crippen LogP contribution in [-0.4, -0.2) is 39.2 Å². The van der Waals surface area contributed by atoms with Gasteiger partial charge in [0, 0.05) is 18.7 Å². The quantitative estimate of drug-likeness (QED) is 0.217. The van der Waals surface area contributed by atoms with Crippen molar-refractivity contribution in [1.82, 2.24) is 10.6 Å². The van der Waals surface area contributed by atoms with Crippen molar-refractivity contribution < 1.29 is 18.7 Å². The molecule has 2 aromatic rings. The number of amides is 1. The summed E-state index contributed by atoms with van der Waals surface area (Å²) in [5.41, 5.74) is 7.52. The van der Waals surface area contributed by atoms with Crippen molar-refractivity contribution in [2.24, 2.45) is 10.7 Å². The van der Waals surface area contributed by atoms with E-state index in [0.29, 0.717) is 36.7 Å². The van der Waals surface area contributed by atoms with Crippen LogP contribution in [-0.2, 0) is 6.54 Å². The number of nitrogens with one attached hydrogen (secondary N) is 2. The zero-order valence-corrected chi connectivity index (χ0v) is 19.0. The van der Waals surface area contributed by atoms with Crippen LogP contribution in [0.15, 0.2) is 41.4 Å². The highest BCUT2D eigenvalue weighted by atomic mass is 127. The van der Waals surface area contributed by atoms with Gasteiger partial charge in [-0.1, -0.05) is 12.1 Å². The SMILES string of the molecule is COc1ccc(CN=C(N)NCCNC(=O)c2ccc(C)c(F)c2)cc1OC.I. The molecule has 0 aliphatic heterocycles. The van der Waals surface area contributed by atoms with E-state index >= 15 is 0 Å². The van der Waals surface area contributed by atoms with E-state index in [0.717, 1.165) is 5.56 Å². The molecule has 158 valence electrons. The van der Waals surface area contributed by atoms with Crippen LogP contribution in [0.4, 0.5) is 4.39 Å². The third-order valence-electron chi connectivity index (χ3n) is 4.03. The Morgan fingerprint density at radius 3 is 2.41 bits per heavy atom. The van der Waals surface area contributed by atoms with Crippen molar-refractivity contribution in [3.8, 4) is 11.5 Å². The van der Waals surface area contributed by atoms with Gasteiger partial charge in [0.25, 0.3) is 5.91 Å². The zero-order valence-electron chi connectivity index (χ0n) is 16.6.